The molecule has 0 aliphatic heterocycles. The van der Waals surface area contributed by atoms with E-state index in [0.29, 0.717) is 30.2 Å². The molecule has 0 aromatic carbocycles. The predicted molar refractivity (Wildman–Crippen MR) is 98.0 cm³/mol. The third-order valence-corrected chi connectivity index (χ3v) is 6.05. The lowest BCUT2D eigenvalue weighted by Crippen LogP contribution is -2.40. The molecule has 4 rings (SSSR count). The van der Waals surface area contributed by atoms with Gasteiger partial charge in [-0.1, -0.05) is 26.7 Å². The molecule has 2 aromatic heterocycles. The first-order valence-corrected chi connectivity index (χ1v) is 9.85. The van der Waals surface area contributed by atoms with Crippen LogP contribution in [0.25, 0.3) is 11.2 Å². The minimum Gasteiger partial charge on any atom is -0.336 e. The molecule has 136 valence electrons. The molecule has 2 atom stereocenters. The van der Waals surface area contributed by atoms with Crippen LogP contribution in [0.2, 0.25) is 0 Å². The molecule has 2 bridgehead atoms. The topological polar surface area (TPSA) is 72.7 Å². The molecular weight excluding hydrogens is 316 g/mol. The Balaban J connectivity index is 1.83. The number of nitrogens with one attached hydrogen (secondary N) is 1. The van der Waals surface area contributed by atoms with E-state index in [9.17, 15) is 9.59 Å². The van der Waals surface area contributed by atoms with E-state index in [1.807, 2.05) is 13.8 Å². The first kappa shape index (κ1) is 16.6. The monoisotopic (exact) mass is 344 g/mol. The summed E-state index contributed by atoms with van der Waals surface area (Å²) in [7, 11) is 0. The second-order valence-corrected chi connectivity index (χ2v) is 7.93. The highest BCUT2D eigenvalue weighted by atomic mass is 16.2. The van der Waals surface area contributed by atoms with Crippen LogP contribution in [0.15, 0.2) is 9.59 Å². The quantitative estimate of drug-likeness (QED) is 0.906. The number of aryl methyl sites for hydroxylation is 1. The molecule has 1 N–H and O–H groups in total. The summed E-state index contributed by atoms with van der Waals surface area (Å²) < 4.78 is 3.05. The normalized spacial score (nSPS) is 25.8. The Morgan fingerprint density at radius 1 is 1.00 bits per heavy atom. The summed E-state index contributed by atoms with van der Waals surface area (Å²) in [5.74, 6) is 2.95. The van der Waals surface area contributed by atoms with E-state index < -0.39 is 0 Å². The molecule has 2 heterocycles. The zero-order valence-corrected chi connectivity index (χ0v) is 15.3. The molecule has 2 fully saturated rings. The van der Waals surface area contributed by atoms with Crippen molar-refractivity contribution < 1.29 is 0 Å². The lowest BCUT2D eigenvalue weighted by atomic mass is 9.81. The Bertz CT molecular complexity index is 879. The molecule has 0 spiro atoms. The zero-order valence-electron chi connectivity index (χ0n) is 15.3. The number of aromatic nitrogens is 4. The smallest absolute Gasteiger partial charge is 0.332 e. The molecule has 0 saturated heterocycles. The molecule has 0 radical (unpaired) electrons. The number of imidazole rings is 1. The summed E-state index contributed by atoms with van der Waals surface area (Å²) in [6, 6.07) is 0. The standard InChI is InChI=1S/C19H28N4O2/c1-3-7-22-17-15(18(24)23(8-4-2)19(22)25)20-16(21-17)14-10-12-5-6-13(9-12)11-14/h12-14H,3-11H2,1-2H3,(H,20,21). The number of nitrogens with zero attached hydrogens (tertiary/aromatic N) is 3. The van der Waals surface area contributed by atoms with Gasteiger partial charge in [0.15, 0.2) is 5.65 Å². The maximum Gasteiger partial charge on any atom is 0.332 e. The zero-order chi connectivity index (χ0) is 17.6. The third-order valence-electron chi connectivity index (χ3n) is 6.05. The van der Waals surface area contributed by atoms with Crippen LogP contribution < -0.4 is 11.2 Å². The Morgan fingerprint density at radius 2 is 1.64 bits per heavy atom. The number of hydrogen-bond acceptors (Lipinski definition) is 3. The van der Waals surface area contributed by atoms with Crippen LogP contribution in [0.1, 0.15) is 70.5 Å². The van der Waals surface area contributed by atoms with Gasteiger partial charge in [-0.15, -0.1) is 0 Å². The minimum atomic E-state index is -0.219. The highest BCUT2D eigenvalue weighted by Crippen LogP contribution is 2.47. The molecule has 6 heteroatoms. The van der Waals surface area contributed by atoms with Crippen LogP contribution >= 0.6 is 0 Å². The Morgan fingerprint density at radius 3 is 2.28 bits per heavy atom. The first-order valence-electron chi connectivity index (χ1n) is 9.85. The highest BCUT2D eigenvalue weighted by Gasteiger charge is 2.36. The van der Waals surface area contributed by atoms with Gasteiger partial charge in [-0.2, -0.15) is 0 Å². The van der Waals surface area contributed by atoms with Gasteiger partial charge in [-0.05, 0) is 43.9 Å². The van der Waals surface area contributed by atoms with Crippen molar-refractivity contribution >= 4 is 11.2 Å². The summed E-state index contributed by atoms with van der Waals surface area (Å²) in [5, 5.41) is 0. The fourth-order valence-electron chi connectivity index (χ4n) is 4.95. The van der Waals surface area contributed by atoms with Crippen LogP contribution in [0, 0.1) is 11.8 Å². The second kappa shape index (κ2) is 6.46. The summed E-state index contributed by atoms with van der Waals surface area (Å²) in [6.45, 7) is 5.08. The fraction of sp³-hybridized carbons (Fsp3) is 0.737. The predicted octanol–water partition coefficient (Wildman–Crippen LogP) is 3.00. The van der Waals surface area contributed by atoms with Gasteiger partial charge in [-0.3, -0.25) is 13.9 Å². The highest BCUT2D eigenvalue weighted by molar-refractivity contribution is 5.70. The maximum atomic E-state index is 12.8. The van der Waals surface area contributed by atoms with Crippen molar-refractivity contribution in [2.75, 3.05) is 0 Å². The summed E-state index contributed by atoms with van der Waals surface area (Å²) in [4.78, 5) is 33.7. The third kappa shape index (κ3) is 2.75. The molecule has 2 aliphatic rings. The maximum absolute atomic E-state index is 12.8. The molecule has 2 unspecified atom stereocenters. The van der Waals surface area contributed by atoms with Gasteiger partial charge < -0.3 is 4.98 Å². The van der Waals surface area contributed by atoms with E-state index in [-0.39, 0.29) is 11.2 Å². The van der Waals surface area contributed by atoms with E-state index in [4.69, 9.17) is 4.98 Å². The molecule has 2 aliphatic carbocycles. The van der Waals surface area contributed by atoms with Crippen molar-refractivity contribution in [3.8, 4) is 0 Å². The van der Waals surface area contributed by atoms with Crippen LogP contribution in [0.4, 0.5) is 0 Å². The van der Waals surface area contributed by atoms with Crippen molar-refractivity contribution in [2.45, 2.75) is 77.8 Å². The summed E-state index contributed by atoms with van der Waals surface area (Å²) >= 11 is 0. The van der Waals surface area contributed by atoms with Gasteiger partial charge in [0, 0.05) is 19.0 Å². The van der Waals surface area contributed by atoms with Gasteiger partial charge in [0.2, 0.25) is 0 Å². The van der Waals surface area contributed by atoms with Gasteiger partial charge in [0.1, 0.15) is 11.3 Å². The van der Waals surface area contributed by atoms with Gasteiger partial charge in [0.25, 0.3) is 5.56 Å². The summed E-state index contributed by atoms with van der Waals surface area (Å²) in [6.07, 6.45) is 7.97. The lowest BCUT2D eigenvalue weighted by molar-refractivity contribution is 0.312. The van der Waals surface area contributed by atoms with Crippen molar-refractivity contribution in [3.05, 3.63) is 26.7 Å². The second-order valence-electron chi connectivity index (χ2n) is 7.93. The molecular formula is C19H28N4O2. The summed E-state index contributed by atoms with van der Waals surface area (Å²) in [5.41, 5.74) is 0.626. The molecule has 2 saturated carbocycles. The SMILES string of the molecule is CCCn1c(=O)c2[nH]c(C3CC4CCC(C4)C3)nc2n(CCC)c1=O. The van der Waals surface area contributed by atoms with E-state index in [1.54, 1.807) is 4.57 Å². The fourth-order valence-corrected chi connectivity index (χ4v) is 4.95. The van der Waals surface area contributed by atoms with Crippen molar-refractivity contribution in [1.82, 2.24) is 19.1 Å². The van der Waals surface area contributed by atoms with Crippen molar-refractivity contribution in [3.63, 3.8) is 0 Å². The van der Waals surface area contributed by atoms with E-state index in [1.165, 1.54) is 23.8 Å². The average molecular weight is 344 g/mol. The van der Waals surface area contributed by atoms with Crippen LogP contribution in [-0.4, -0.2) is 19.1 Å². The largest absolute Gasteiger partial charge is 0.336 e. The van der Waals surface area contributed by atoms with E-state index in [2.05, 4.69) is 4.98 Å². The van der Waals surface area contributed by atoms with Crippen LogP contribution in [0.5, 0.6) is 0 Å². The number of aromatic amines is 1. The van der Waals surface area contributed by atoms with E-state index >= 15 is 0 Å². The van der Waals surface area contributed by atoms with Crippen molar-refractivity contribution in [1.29, 1.82) is 0 Å². The van der Waals surface area contributed by atoms with E-state index in [0.717, 1.165) is 43.3 Å². The number of H-pyrrole nitrogens is 1. The molecule has 6 nitrogen and oxygen atoms in total. The van der Waals surface area contributed by atoms with Crippen molar-refractivity contribution in [2.24, 2.45) is 11.8 Å². The minimum absolute atomic E-state index is 0.216. The molecule has 0 amide bonds. The Labute approximate surface area is 147 Å². The Kier molecular flexibility index (Phi) is 4.29. The number of rotatable bonds is 5. The number of hydrogen-bond donors (Lipinski definition) is 1. The molecule has 25 heavy (non-hydrogen) atoms. The average Bonchev–Trinajstić information content (AvgIpc) is 3.19. The molecule has 2 aromatic rings. The van der Waals surface area contributed by atoms with Gasteiger partial charge in [-0.25, -0.2) is 9.78 Å². The first-order chi connectivity index (χ1) is 12.1. The van der Waals surface area contributed by atoms with Gasteiger partial charge in [0.05, 0.1) is 0 Å². The number of fused-ring (bicyclic) bond motifs is 3. The van der Waals surface area contributed by atoms with Gasteiger partial charge >= 0.3 is 5.69 Å². The lowest BCUT2D eigenvalue weighted by Gasteiger charge is -2.25. The Hall–Kier alpha value is -1.85. The van der Waals surface area contributed by atoms with Crippen LogP contribution in [-0.2, 0) is 13.1 Å². The van der Waals surface area contributed by atoms with Crippen LogP contribution in [0.3, 0.4) is 0 Å².